The van der Waals surface area contributed by atoms with Crippen LogP contribution in [0.1, 0.15) is 25.7 Å². The monoisotopic (exact) mass is 180 g/mol. The average molecular weight is 180 g/mol. The maximum Gasteiger partial charge on any atom is 0.247 e. The Labute approximate surface area is 76.2 Å². The fraction of sp³-hybridized carbons (Fsp3) is 0.556. The van der Waals surface area contributed by atoms with Gasteiger partial charge in [-0.15, -0.1) is 0 Å². The van der Waals surface area contributed by atoms with E-state index in [0.29, 0.717) is 12.8 Å². The molecule has 0 saturated heterocycles. The summed E-state index contributed by atoms with van der Waals surface area (Å²) in [5.41, 5.74) is 5.24. The highest BCUT2D eigenvalue weighted by atomic mass is 16.2. The van der Waals surface area contributed by atoms with E-state index in [4.69, 9.17) is 5.73 Å². The van der Waals surface area contributed by atoms with Crippen LogP contribution in [0.5, 0.6) is 0 Å². The smallest absolute Gasteiger partial charge is 0.247 e. The first-order valence-electron chi connectivity index (χ1n) is 4.45. The van der Waals surface area contributed by atoms with Crippen molar-refractivity contribution in [2.75, 3.05) is 0 Å². The lowest BCUT2D eigenvalue weighted by molar-refractivity contribution is -0.126. The Hall–Kier alpha value is -1.32. The van der Waals surface area contributed by atoms with E-state index >= 15 is 0 Å². The van der Waals surface area contributed by atoms with Gasteiger partial charge < -0.3 is 11.1 Å². The molecule has 13 heavy (non-hydrogen) atoms. The quantitative estimate of drug-likeness (QED) is 0.633. The highest BCUT2D eigenvalue weighted by molar-refractivity contribution is 6.00. The molecule has 0 aliphatic heterocycles. The Kier molecular flexibility index (Phi) is 1.65. The van der Waals surface area contributed by atoms with Crippen LogP contribution in [0.15, 0.2) is 11.6 Å². The molecule has 4 heteroatoms. The first-order valence-corrected chi connectivity index (χ1v) is 4.45. The maximum absolute atomic E-state index is 11.4. The molecule has 3 N–H and O–H groups in total. The second kappa shape index (κ2) is 2.58. The van der Waals surface area contributed by atoms with Crippen LogP contribution in [0.25, 0.3) is 0 Å². The molecule has 2 aliphatic carbocycles. The van der Waals surface area contributed by atoms with Crippen LogP contribution in [0.3, 0.4) is 0 Å². The number of amides is 2. The van der Waals surface area contributed by atoms with Crippen LogP contribution in [0.4, 0.5) is 0 Å². The van der Waals surface area contributed by atoms with Gasteiger partial charge in [0.1, 0.15) is 5.54 Å². The third-order valence-corrected chi connectivity index (χ3v) is 2.67. The summed E-state index contributed by atoms with van der Waals surface area (Å²) in [6, 6.07) is 0. The van der Waals surface area contributed by atoms with E-state index in [9.17, 15) is 9.59 Å². The fourth-order valence-corrected chi connectivity index (χ4v) is 1.35. The highest BCUT2D eigenvalue weighted by Gasteiger charge is 2.50. The van der Waals surface area contributed by atoms with Gasteiger partial charge in [-0.2, -0.15) is 0 Å². The summed E-state index contributed by atoms with van der Waals surface area (Å²) in [6.07, 6.45) is 5.03. The zero-order valence-electron chi connectivity index (χ0n) is 7.30. The van der Waals surface area contributed by atoms with Crippen molar-refractivity contribution in [3.63, 3.8) is 0 Å². The molecule has 2 rings (SSSR count). The van der Waals surface area contributed by atoms with Gasteiger partial charge in [0.25, 0.3) is 0 Å². The third kappa shape index (κ3) is 1.32. The molecular formula is C9H12N2O2. The summed E-state index contributed by atoms with van der Waals surface area (Å²) in [5, 5.41) is 2.69. The lowest BCUT2D eigenvalue weighted by Gasteiger charge is -2.18. The molecule has 0 spiro atoms. The minimum absolute atomic E-state index is 0.123. The lowest BCUT2D eigenvalue weighted by atomic mass is 9.98. The van der Waals surface area contributed by atoms with Crippen LogP contribution < -0.4 is 11.1 Å². The summed E-state index contributed by atoms with van der Waals surface area (Å²) in [5.74, 6) is -0.539. The Morgan fingerprint density at radius 3 is 2.38 bits per heavy atom. The van der Waals surface area contributed by atoms with Crippen LogP contribution in [0.2, 0.25) is 0 Å². The van der Waals surface area contributed by atoms with Crippen molar-refractivity contribution >= 4 is 11.8 Å². The minimum Gasteiger partial charge on any atom is -0.368 e. The number of hydrogen-bond acceptors (Lipinski definition) is 2. The number of primary amides is 1. The predicted octanol–water partition coefficient (Wildman–Crippen LogP) is -0.159. The standard InChI is InChI=1S/C9H12N2O2/c10-8(13)9(4-5-9)11-7(12)6-2-1-3-6/h2H,1,3-5H2,(H2,10,13)(H,11,12). The van der Waals surface area contributed by atoms with Gasteiger partial charge in [-0.05, 0) is 25.7 Å². The van der Waals surface area contributed by atoms with E-state index in [2.05, 4.69) is 5.32 Å². The van der Waals surface area contributed by atoms with Crippen LogP contribution >= 0.6 is 0 Å². The Bertz CT molecular complexity index is 303. The third-order valence-electron chi connectivity index (χ3n) is 2.67. The number of rotatable bonds is 3. The number of allylic oxidation sites excluding steroid dienone is 1. The van der Waals surface area contributed by atoms with Gasteiger partial charge in [0.05, 0.1) is 0 Å². The largest absolute Gasteiger partial charge is 0.368 e. The molecule has 0 aromatic rings. The Balaban J connectivity index is 1.98. The summed E-state index contributed by atoms with van der Waals surface area (Å²) < 4.78 is 0. The molecule has 1 saturated carbocycles. The second-order valence-electron chi connectivity index (χ2n) is 3.67. The molecule has 0 unspecified atom stereocenters. The van der Waals surface area contributed by atoms with Gasteiger partial charge in [-0.1, -0.05) is 6.08 Å². The molecule has 70 valence electrons. The first-order chi connectivity index (χ1) is 6.14. The van der Waals surface area contributed by atoms with Crippen molar-refractivity contribution in [3.05, 3.63) is 11.6 Å². The van der Waals surface area contributed by atoms with Crippen molar-refractivity contribution in [1.29, 1.82) is 0 Å². The molecule has 0 radical (unpaired) electrons. The summed E-state index contributed by atoms with van der Waals surface area (Å²) in [4.78, 5) is 22.3. The van der Waals surface area contributed by atoms with Crippen molar-refractivity contribution < 1.29 is 9.59 Å². The molecule has 0 heterocycles. The number of carbonyl (C=O) groups is 2. The van der Waals surface area contributed by atoms with E-state index in [-0.39, 0.29) is 5.91 Å². The van der Waals surface area contributed by atoms with E-state index in [1.807, 2.05) is 6.08 Å². The van der Waals surface area contributed by atoms with Crippen LogP contribution in [0, 0.1) is 0 Å². The van der Waals surface area contributed by atoms with Crippen molar-refractivity contribution in [1.82, 2.24) is 5.32 Å². The molecule has 1 fully saturated rings. The number of nitrogens with one attached hydrogen (secondary N) is 1. The fourth-order valence-electron chi connectivity index (χ4n) is 1.35. The SMILES string of the molecule is NC(=O)C1(NC(=O)C2=CCC2)CC1. The molecular weight excluding hydrogens is 168 g/mol. The van der Waals surface area contributed by atoms with Crippen molar-refractivity contribution in [2.45, 2.75) is 31.2 Å². The molecule has 0 bridgehead atoms. The van der Waals surface area contributed by atoms with E-state index < -0.39 is 11.4 Å². The summed E-state index contributed by atoms with van der Waals surface area (Å²) >= 11 is 0. The predicted molar refractivity (Wildman–Crippen MR) is 46.6 cm³/mol. The second-order valence-corrected chi connectivity index (χ2v) is 3.67. The normalized spacial score (nSPS) is 22.6. The van der Waals surface area contributed by atoms with Crippen molar-refractivity contribution in [3.8, 4) is 0 Å². The molecule has 0 aromatic carbocycles. The van der Waals surface area contributed by atoms with Crippen LogP contribution in [-0.4, -0.2) is 17.4 Å². The van der Waals surface area contributed by atoms with Gasteiger partial charge in [-0.25, -0.2) is 0 Å². The van der Waals surface area contributed by atoms with Gasteiger partial charge in [-0.3, -0.25) is 9.59 Å². The Morgan fingerprint density at radius 2 is 2.08 bits per heavy atom. The van der Waals surface area contributed by atoms with Gasteiger partial charge in [0.2, 0.25) is 11.8 Å². The average Bonchev–Trinajstić information content (AvgIpc) is 2.64. The molecule has 2 amide bonds. The van der Waals surface area contributed by atoms with E-state index in [1.54, 1.807) is 0 Å². The molecule has 2 aliphatic rings. The zero-order chi connectivity index (χ0) is 9.47. The van der Waals surface area contributed by atoms with Gasteiger partial charge >= 0.3 is 0 Å². The van der Waals surface area contributed by atoms with Gasteiger partial charge in [0.15, 0.2) is 0 Å². The van der Waals surface area contributed by atoms with Gasteiger partial charge in [0, 0.05) is 5.57 Å². The lowest BCUT2D eigenvalue weighted by Crippen LogP contribution is -2.47. The number of hydrogen-bond donors (Lipinski definition) is 2. The number of carbonyl (C=O) groups excluding carboxylic acids is 2. The molecule has 0 aromatic heterocycles. The number of nitrogens with two attached hydrogens (primary N) is 1. The van der Waals surface area contributed by atoms with Crippen molar-refractivity contribution in [2.24, 2.45) is 5.73 Å². The summed E-state index contributed by atoms with van der Waals surface area (Å²) in [7, 11) is 0. The van der Waals surface area contributed by atoms with E-state index in [1.165, 1.54) is 0 Å². The first kappa shape index (κ1) is 8.29. The van der Waals surface area contributed by atoms with E-state index in [0.717, 1.165) is 18.4 Å². The topological polar surface area (TPSA) is 72.2 Å². The minimum atomic E-state index is -0.715. The maximum atomic E-state index is 11.4. The molecule has 0 atom stereocenters. The highest BCUT2D eigenvalue weighted by Crippen LogP contribution is 2.35. The zero-order valence-corrected chi connectivity index (χ0v) is 7.30. The molecule has 4 nitrogen and oxygen atoms in total. The van der Waals surface area contributed by atoms with Crippen LogP contribution in [-0.2, 0) is 9.59 Å². The summed E-state index contributed by atoms with van der Waals surface area (Å²) in [6.45, 7) is 0. The Morgan fingerprint density at radius 1 is 1.46 bits per heavy atom.